The highest BCUT2D eigenvalue weighted by atomic mass is 15.0. The number of aromatic nitrogens is 2. The predicted molar refractivity (Wildman–Crippen MR) is 37.9 cm³/mol. The molecule has 1 heterocycles. The first-order valence-corrected chi connectivity index (χ1v) is 2.87. The van der Waals surface area contributed by atoms with Crippen molar-refractivity contribution in [2.45, 2.75) is 0 Å². The van der Waals surface area contributed by atoms with Crippen LogP contribution < -0.4 is 0 Å². The van der Waals surface area contributed by atoms with Gasteiger partial charge in [-0.1, -0.05) is 0 Å². The molecule has 0 bridgehead atoms. The lowest BCUT2D eigenvalue weighted by Crippen LogP contribution is -1.86. The molecular formula is C7H7N3. The Morgan fingerprint density at radius 2 is 2.60 bits per heavy atom. The minimum atomic E-state index is 0.932. The molecule has 50 valence electrons. The maximum absolute atomic E-state index is 8.19. The summed E-state index contributed by atoms with van der Waals surface area (Å²) in [6.07, 6.45) is 6.54. The standard InChI is InChI=1S/C7H7N3/c1-10-6-9-5-7(10)3-2-4-8/h2-3,5-6H,1H3/b3-2+. The maximum Gasteiger partial charge on any atom is 0.0948 e. The molecule has 0 radical (unpaired) electrons. The van der Waals surface area contributed by atoms with E-state index in [1.165, 1.54) is 6.08 Å². The van der Waals surface area contributed by atoms with Gasteiger partial charge in [-0.2, -0.15) is 5.26 Å². The van der Waals surface area contributed by atoms with Crippen LogP contribution in [0.4, 0.5) is 0 Å². The van der Waals surface area contributed by atoms with Gasteiger partial charge >= 0.3 is 0 Å². The van der Waals surface area contributed by atoms with E-state index in [1.807, 2.05) is 17.7 Å². The summed E-state index contributed by atoms with van der Waals surface area (Å²) in [6.45, 7) is 0. The van der Waals surface area contributed by atoms with Gasteiger partial charge in [0, 0.05) is 13.1 Å². The van der Waals surface area contributed by atoms with E-state index >= 15 is 0 Å². The molecule has 10 heavy (non-hydrogen) atoms. The molecule has 1 rings (SSSR count). The third-order valence-electron chi connectivity index (χ3n) is 1.18. The first-order chi connectivity index (χ1) is 4.84. The van der Waals surface area contributed by atoms with Crippen molar-refractivity contribution in [1.82, 2.24) is 9.55 Å². The van der Waals surface area contributed by atoms with E-state index in [1.54, 1.807) is 18.6 Å². The Morgan fingerprint density at radius 3 is 3.10 bits per heavy atom. The minimum Gasteiger partial charge on any atom is -0.334 e. The zero-order valence-corrected chi connectivity index (χ0v) is 5.65. The first-order valence-electron chi connectivity index (χ1n) is 2.87. The van der Waals surface area contributed by atoms with Gasteiger partial charge in [0.05, 0.1) is 24.3 Å². The molecule has 0 spiro atoms. The molecule has 1 aromatic rings. The van der Waals surface area contributed by atoms with E-state index in [-0.39, 0.29) is 0 Å². The molecule has 0 unspecified atom stereocenters. The summed E-state index contributed by atoms with van der Waals surface area (Å²) in [5.74, 6) is 0. The lowest BCUT2D eigenvalue weighted by molar-refractivity contribution is 0.902. The fourth-order valence-electron chi connectivity index (χ4n) is 0.651. The third kappa shape index (κ3) is 1.23. The Hall–Kier alpha value is -1.56. The van der Waals surface area contributed by atoms with E-state index in [2.05, 4.69) is 4.98 Å². The van der Waals surface area contributed by atoms with Crippen molar-refractivity contribution in [2.75, 3.05) is 0 Å². The number of allylic oxidation sites excluding steroid dienone is 1. The Labute approximate surface area is 59.2 Å². The summed E-state index contributed by atoms with van der Waals surface area (Å²) in [7, 11) is 1.88. The molecule has 1 aromatic heterocycles. The number of aryl methyl sites for hydroxylation is 1. The van der Waals surface area contributed by atoms with Crippen molar-refractivity contribution >= 4 is 6.08 Å². The molecular weight excluding hydrogens is 126 g/mol. The van der Waals surface area contributed by atoms with Crippen molar-refractivity contribution in [3.8, 4) is 6.07 Å². The van der Waals surface area contributed by atoms with Gasteiger partial charge in [-0.3, -0.25) is 0 Å². The molecule has 0 amide bonds. The summed E-state index contributed by atoms with van der Waals surface area (Å²) in [6, 6.07) is 1.91. The molecule has 3 heteroatoms. The summed E-state index contributed by atoms with van der Waals surface area (Å²) < 4.78 is 1.84. The highest BCUT2D eigenvalue weighted by Crippen LogP contribution is 1.97. The number of hydrogen-bond donors (Lipinski definition) is 0. The van der Waals surface area contributed by atoms with Crippen LogP contribution in [0.5, 0.6) is 0 Å². The summed E-state index contributed by atoms with van der Waals surface area (Å²) in [5, 5.41) is 8.19. The molecule has 0 atom stereocenters. The second kappa shape index (κ2) is 2.83. The van der Waals surface area contributed by atoms with Crippen LogP contribution >= 0.6 is 0 Å². The second-order valence-electron chi connectivity index (χ2n) is 1.89. The van der Waals surface area contributed by atoms with E-state index in [0.717, 1.165) is 5.69 Å². The van der Waals surface area contributed by atoms with Crippen LogP contribution in [0, 0.1) is 11.3 Å². The van der Waals surface area contributed by atoms with Crippen molar-refractivity contribution < 1.29 is 0 Å². The summed E-state index contributed by atoms with van der Waals surface area (Å²) in [5.41, 5.74) is 0.932. The second-order valence-corrected chi connectivity index (χ2v) is 1.89. The van der Waals surface area contributed by atoms with Crippen LogP contribution in [0.25, 0.3) is 6.08 Å². The minimum absolute atomic E-state index is 0.932. The molecule has 0 N–H and O–H groups in total. The zero-order valence-electron chi connectivity index (χ0n) is 5.65. The van der Waals surface area contributed by atoms with Gasteiger partial charge in [0.1, 0.15) is 0 Å². The van der Waals surface area contributed by atoms with Crippen LogP contribution in [0.3, 0.4) is 0 Å². The van der Waals surface area contributed by atoms with Crippen LogP contribution in [-0.4, -0.2) is 9.55 Å². The normalized spacial score (nSPS) is 10.0. The van der Waals surface area contributed by atoms with Gasteiger partial charge in [-0.05, 0) is 6.08 Å². The van der Waals surface area contributed by atoms with E-state index < -0.39 is 0 Å². The SMILES string of the molecule is Cn1cncc1/C=C/C#N. The van der Waals surface area contributed by atoms with Gasteiger partial charge in [-0.15, -0.1) is 0 Å². The van der Waals surface area contributed by atoms with Crippen molar-refractivity contribution in [2.24, 2.45) is 7.05 Å². The van der Waals surface area contributed by atoms with E-state index in [4.69, 9.17) is 5.26 Å². The number of rotatable bonds is 1. The smallest absolute Gasteiger partial charge is 0.0948 e. The summed E-state index contributed by atoms with van der Waals surface area (Å²) >= 11 is 0. The van der Waals surface area contributed by atoms with Crippen molar-refractivity contribution in [3.05, 3.63) is 24.3 Å². The number of imidazole rings is 1. The van der Waals surface area contributed by atoms with Crippen LogP contribution in [0.1, 0.15) is 5.69 Å². The Morgan fingerprint density at radius 1 is 1.80 bits per heavy atom. The van der Waals surface area contributed by atoms with Gasteiger partial charge in [0.2, 0.25) is 0 Å². The van der Waals surface area contributed by atoms with Crippen LogP contribution in [-0.2, 0) is 7.05 Å². The largest absolute Gasteiger partial charge is 0.334 e. The Balaban J connectivity index is 2.87. The van der Waals surface area contributed by atoms with E-state index in [9.17, 15) is 0 Å². The predicted octanol–water partition coefficient (Wildman–Crippen LogP) is 0.957. The molecule has 0 aliphatic rings. The van der Waals surface area contributed by atoms with Gasteiger partial charge in [0.25, 0.3) is 0 Å². The molecule has 3 nitrogen and oxygen atoms in total. The highest BCUT2D eigenvalue weighted by Gasteiger charge is 1.88. The van der Waals surface area contributed by atoms with Gasteiger partial charge in [0.15, 0.2) is 0 Å². The molecule has 0 aliphatic heterocycles. The lowest BCUT2D eigenvalue weighted by Gasteiger charge is -1.90. The monoisotopic (exact) mass is 133 g/mol. The average Bonchev–Trinajstić information content (AvgIpc) is 2.31. The first kappa shape index (κ1) is 6.56. The van der Waals surface area contributed by atoms with Crippen molar-refractivity contribution in [1.29, 1.82) is 5.26 Å². The number of hydrogen-bond acceptors (Lipinski definition) is 2. The average molecular weight is 133 g/mol. The maximum atomic E-state index is 8.19. The lowest BCUT2D eigenvalue weighted by atomic mass is 10.4. The Bertz CT molecular complexity index is 277. The molecule has 0 fully saturated rings. The topological polar surface area (TPSA) is 41.6 Å². The third-order valence-corrected chi connectivity index (χ3v) is 1.18. The van der Waals surface area contributed by atoms with Crippen LogP contribution in [0.2, 0.25) is 0 Å². The van der Waals surface area contributed by atoms with Gasteiger partial charge < -0.3 is 4.57 Å². The summed E-state index contributed by atoms with van der Waals surface area (Å²) in [4.78, 5) is 3.88. The molecule has 0 saturated heterocycles. The quantitative estimate of drug-likeness (QED) is 0.535. The number of nitriles is 1. The number of nitrogens with zero attached hydrogens (tertiary/aromatic N) is 3. The highest BCUT2D eigenvalue weighted by molar-refractivity contribution is 5.46. The Kier molecular flexibility index (Phi) is 1.86. The van der Waals surface area contributed by atoms with E-state index in [0.29, 0.717) is 0 Å². The fraction of sp³-hybridized carbons (Fsp3) is 0.143. The molecule has 0 saturated carbocycles. The molecule has 0 aliphatic carbocycles. The van der Waals surface area contributed by atoms with Gasteiger partial charge in [-0.25, -0.2) is 4.98 Å². The zero-order chi connectivity index (χ0) is 7.40. The van der Waals surface area contributed by atoms with Crippen molar-refractivity contribution in [3.63, 3.8) is 0 Å². The fourth-order valence-corrected chi connectivity index (χ4v) is 0.651. The molecule has 0 aromatic carbocycles. The van der Waals surface area contributed by atoms with Crippen LogP contribution in [0.15, 0.2) is 18.6 Å².